The van der Waals surface area contributed by atoms with E-state index >= 15 is 0 Å². The second-order valence-electron chi connectivity index (χ2n) is 8.19. The molecule has 5 rings (SSSR count). The minimum Gasteiger partial charge on any atom is -0.269 e. The highest BCUT2D eigenvalue weighted by Gasteiger charge is 2.53. The van der Waals surface area contributed by atoms with Gasteiger partial charge in [-0.05, 0) is 60.6 Å². The van der Waals surface area contributed by atoms with Crippen LogP contribution in [-0.2, 0) is 17.8 Å². The Labute approximate surface area is 195 Å². The molecule has 3 amide bonds. The summed E-state index contributed by atoms with van der Waals surface area (Å²) in [4.78, 5) is 46.6. The molecule has 2 aliphatic rings. The Morgan fingerprint density at radius 1 is 1.06 bits per heavy atom. The van der Waals surface area contributed by atoms with Crippen LogP contribution in [0.3, 0.4) is 0 Å². The van der Waals surface area contributed by atoms with Crippen LogP contribution in [0.4, 0.5) is 10.5 Å². The summed E-state index contributed by atoms with van der Waals surface area (Å²) < 4.78 is 3.05. The Balaban J connectivity index is 1.61. The van der Waals surface area contributed by atoms with E-state index < -0.39 is 11.9 Å². The van der Waals surface area contributed by atoms with Crippen molar-refractivity contribution in [1.29, 1.82) is 0 Å². The molecule has 0 N–H and O–H groups in total. The first-order valence-corrected chi connectivity index (χ1v) is 11.6. The van der Waals surface area contributed by atoms with Crippen LogP contribution in [0.2, 0.25) is 0 Å². The zero-order chi connectivity index (χ0) is 23.3. The van der Waals surface area contributed by atoms with Crippen molar-refractivity contribution in [3.05, 3.63) is 86.8 Å². The van der Waals surface area contributed by atoms with Crippen LogP contribution in [0.15, 0.2) is 70.0 Å². The van der Waals surface area contributed by atoms with Gasteiger partial charge in [0.2, 0.25) is 0 Å². The Hall–Kier alpha value is -3.52. The molecule has 1 unspecified atom stereocenters. The predicted octanol–water partition coefficient (Wildman–Crippen LogP) is 3.99. The molecule has 2 aromatic heterocycles. The van der Waals surface area contributed by atoms with E-state index in [2.05, 4.69) is 11.9 Å². The van der Waals surface area contributed by atoms with E-state index in [0.29, 0.717) is 22.1 Å². The highest BCUT2D eigenvalue weighted by molar-refractivity contribution is 8.17. The molecule has 7 nitrogen and oxygen atoms in total. The van der Waals surface area contributed by atoms with Gasteiger partial charge >= 0.3 is 11.9 Å². The first-order chi connectivity index (χ1) is 15.9. The number of hydrogen-bond donors (Lipinski definition) is 0. The molecule has 1 aromatic carbocycles. The first kappa shape index (κ1) is 21.3. The number of aryl methyl sites for hydroxylation is 1. The number of benzene rings is 1. The third-order valence-corrected chi connectivity index (χ3v) is 7.49. The van der Waals surface area contributed by atoms with Crippen LogP contribution in [0, 0.1) is 5.92 Å². The number of hydrogen-bond acceptors (Lipinski definition) is 5. The molecular formula is C25H23N4O3S+. The summed E-state index contributed by atoms with van der Waals surface area (Å²) in [7, 11) is 0. The minimum absolute atomic E-state index is 0.107. The van der Waals surface area contributed by atoms with E-state index in [1.54, 1.807) is 22.9 Å². The Bertz CT molecular complexity index is 1440. The molecule has 2 aliphatic heterocycles. The van der Waals surface area contributed by atoms with Crippen molar-refractivity contribution in [3.63, 3.8) is 0 Å². The highest BCUT2D eigenvalue weighted by atomic mass is 32.2. The van der Waals surface area contributed by atoms with Gasteiger partial charge in [0.05, 0.1) is 5.69 Å². The zero-order valence-corrected chi connectivity index (χ0v) is 19.4. The molecule has 166 valence electrons. The average molecular weight is 460 g/mol. The van der Waals surface area contributed by atoms with Crippen molar-refractivity contribution in [2.24, 2.45) is 5.92 Å². The van der Waals surface area contributed by atoms with Gasteiger partial charge in [-0.15, -0.1) is 4.90 Å². The molecule has 33 heavy (non-hydrogen) atoms. The van der Waals surface area contributed by atoms with Crippen molar-refractivity contribution in [2.75, 3.05) is 4.90 Å². The Morgan fingerprint density at radius 3 is 2.55 bits per heavy atom. The number of anilines is 1. The third kappa shape index (κ3) is 3.51. The monoisotopic (exact) mass is 459 g/mol. The van der Waals surface area contributed by atoms with E-state index in [1.165, 1.54) is 27.1 Å². The quantitative estimate of drug-likeness (QED) is 0.552. The molecule has 0 aliphatic carbocycles. The van der Waals surface area contributed by atoms with Crippen LogP contribution in [0.25, 0.3) is 5.65 Å². The summed E-state index contributed by atoms with van der Waals surface area (Å²) in [5, 5.41) is 0.677. The second kappa shape index (κ2) is 8.12. The van der Waals surface area contributed by atoms with Crippen molar-refractivity contribution in [1.82, 2.24) is 9.38 Å². The fraction of sp³-hybridized carbons (Fsp3) is 0.240. The average Bonchev–Trinajstić information content (AvgIpc) is 3.11. The van der Waals surface area contributed by atoms with Gasteiger partial charge in [0.25, 0.3) is 5.56 Å². The van der Waals surface area contributed by atoms with Gasteiger partial charge in [-0.2, -0.15) is 9.37 Å². The summed E-state index contributed by atoms with van der Waals surface area (Å²) >= 11 is 1.45. The van der Waals surface area contributed by atoms with Gasteiger partial charge in [0, 0.05) is 12.3 Å². The molecule has 0 spiro atoms. The number of aromatic nitrogens is 2. The number of imide groups is 1. The third-order valence-electron chi connectivity index (χ3n) is 6.20. The lowest BCUT2D eigenvalue weighted by molar-refractivity contribution is -0.444. The van der Waals surface area contributed by atoms with Gasteiger partial charge in [-0.1, -0.05) is 36.9 Å². The Morgan fingerprint density at radius 2 is 1.82 bits per heavy atom. The number of carbonyl (C=O) groups excluding carboxylic acids is 2. The number of nitrogens with zero attached hydrogens (tertiary/aromatic N) is 4. The molecule has 0 radical (unpaired) electrons. The van der Waals surface area contributed by atoms with Gasteiger partial charge < -0.3 is 0 Å². The van der Waals surface area contributed by atoms with Crippen molar-refractivity contribution in [2.45, 2.75) is 33.7 Å². The fourth-order valence-electron chi connectivity index (χ4n) is 4.23. The second-order valence-corrected chi connectivity index (χ2v) is 9.42. The number of fused-ring (bicyclic) bond motifs is 2. The maximum absolute atomic E-state index is 13.7. The molecule has 4 heterocycles. The largest absolute Gasteiger partial charge is 0.506 e. The molecular weight excluding hydrogens is 436 g/mol. The van der Waals surface area contributed by atoms with E-state index in [9.17, 15) is 14.4 Å². The van der Waals surface area contributed by atoms with Crippen LogP contribution >= 0.6 is 11.8 Å². The summed E-state index contributed by atoms with van der Waals surface area (Å²) in [5.74, 6) is -0.760. The van der Waals surface area contributed by atoms with E-state index in [0.717, 1.165) is 22.5 Å². The van der Waals surface area contributed by atoms with Gasteiger partial charge in [0.1, 0.15) is 17.9 Å². The van der Waals surface area contributed by atoms with Crippen molar-refractivity contribution < 1.29 is 14.2 Å². The maximum atomic E-state index is 13.7. The number of pyridine rings is 1. The van der Waals surface area contributed by atoms with E-state index in [-0.39, 0.29) is 18.0 Å². The van der Waals surface area contributed by atoms with E-state index in [4.69, 9.17) is 0 Å². The van der Waals surface area contributed by atoms with Crippen molar-refractivity contribution in [3.8, 4) is 0 Å². The summed E-state index contributed by atoms with van der Waals surface area (Å²) in [5.41, 5.74) is 3.39. The summed E-state index contributed by atoms with van der Waals surface area (Å²) in [6, 6.07) is 13.8. The molecule has 8 heteroatoms. The molecule has 0 bridgehead atoms. The van der Waals surface area contributed by atoms with E-state index in [1.807, 2.05) is 44.2 Å². The fourth-order valence-corrected chi connectivity index (χ4v) is 5.48. The van der Waals surface area contributed by atoms with Crippen LogP contribution in [0.1, 0.15) is 32.0 Å². The lowest BCUT2D eigenvalue weighted by atomic mass is 9.97. The number of urea groups is 1. The number of carbonyl (C=O) groups is 2. The molecule has 0 saturated carbocycles. The standard InChI is InChI=1S/C25H23N4O3S/c1-4-17-8-10-19(11-9-17)29-23(31)22-15(2)16(3)33-24(22)28(25(29)32)14-18-13-21(30)27-12-6-5-7-20(27)26-18/h5-13,22H,4,14H2,1-3H3/q+1. The molecule has 1 atom stereocenters. The number of thioether (sulfide) groups is 1. The van der Waals surface area contributed by atoms with Gasteiger partial charge in [-0.25, -0.2) is 9.78 Å². The zero-order valence-electron chi connectivity index (χ0n) is 18.6. The Kier molecular flexibility index (Phi) is 5.25. The van der Waals surface area contributed by atoms with Crippen LogP contribution < -0.4 is 10.5 Å². The highest BCUT2D eigenvalue weighted by Crippen LogP contribution is 2.41. The maximum Gasteiger partial charge on any atom is 0.506 e. The first-order valence-electron chi connectivity index (χ1n) is 10.8. The van der Waals surface area contributed by atoms with Gasteiger partial charge in [-0.3, -0.25) is 9.20 Å². The number of amides is 3. The molecule has 0 saturated heterocycles. The predicted molar refractivity (Wildman–Crippen MR) is 129 cm³/mol. The smallest absolute Gasteiger partial charge is 0.269 e. The molecule has 0 fully saturated rings. The molecule has 3 aromatic rings. The lowest BCUT2D eigenvalue weighted by Gasteiger charge is -2.25. The topological polar surface area (TPSA) is 74.8 Å². The minimum atomic E-state index is -0.514. The SMILES string of the molecule is CCc1ccc(N2C(=O)C3C(C)=C(C)SC3=[N+](Cc3cc(=O)n4ccccc4n3)C2=O)cc1. The number of allylic oxidation sites excluding steroid dienone is 1. The normalized spacial score (nSPS) is 18.5. The number of rotatable bonds is 4. The lowest BCUT2D eigenvalue weighted by Crippen LogP contribution is -2.53. The van der Waals surface area contributed by atoms with Crippen LogP contribution in [0.5, 0.6) is 0 Å². The van der Waals surface area contributed by atoms with Crippen LogP contribution in [-0.4, -0.2) is 30.9 Å². The van der Waals surface area contributed by atoms with Gasteiger partial charge in [0.15, 0.2) is 11.0 Å². The summed E-state index contributed by atoms with van der Waals surface area (Å²) in [6.45, 7) is 6.06. The summed E-state index contributed by atoms with van der Waals surface area (Å²) in [6.07, 6.45) is 2.53. The van der Waals surface area contributed by atoms with Crippen molar-refractivity contribution >= 4 is 40.1 Å².